The van der Waals surface area contributed by atoms with E-state index >= 15 is 0 Å². The summed E-state index contributed by atoms with van der Waals surface area (Å²) >= 11 is 0. The number of ether oxygens (including phenoxy) is 2. The fourth-order valence-corrected chi connectivity index (χ4v) is 5.44. The Bertz CT molecular complexity index is 1570. The number of rotatable bonds is 9. The summed E-state index contributed by atoms with van der Waals surface area (Å²) in [7, 11) is 0.252. The number of aromatic hydroxyl groups is 1. The topological polar surface area (TPSA) is 126 Å². The molecule has 0 fully saturated rings. The van der Waals surface area contributed by atoms with Gasteiger partial charge in [-0.05, 0) is 42.8 Å². The lowest BCUT2D eigenvalue weighted by atomic mass is 10.2. The predicted molar refractivity (Wildman–Crippen MR) is 137 cm³/mol. The highest BCUT2D eigenvalue weighted by atomic mass is 32.2. The van der Waals surface area contributed by atoms with Crippen LogP contribution in [-0.2, 0) is 23.3 Å². The van der Waals surface area contributed by atoms with Gasteiger partial charge in [-0.15, -0.1) is 0 Å². The third-order valence-electron chi connectivity index (χ3n) is 5.99. The number of hydrogen-bond donors (Lipinski definition) is 1. The van der Waals surface area contributed by atoms with Crippen molar-refractivity contribution in [3.8, 4) is 34.5 Å². The van der Waals surface area contributed by atoms with Crippen LogP contribution in [-0.4, -0.2) is 46.8 Å². The van der Waals surface area contributed by atoms with Crippen LogP contribution in [0.5, 0.6) is 17.4 Å². The summed E-state index contributed by atoms with van der Waals surface area (Å²) in [6.45, 7) is 1.97. The van der Waals surface area contributed by atoms with Gasteiger partial charge in [0.1, 0.15) is 28.8 Å². The van der Waals surface area contributed by atoms with Crippen molar-refractivity contribution in [2.45, 2.75) is 36.0 Å². The summed E-state index contributed by atoms with van der Waals surface area (Å²) in [5, 5.41) is 11.4. The van der Waals surface area contributed by atoms with Crippen LogP contribution in [0.1, 0.15) is 25.6 Å². The fraction of sp³-hybridized carbons (Fsp3) is 0.269. The maximum Gasteiger partial charge on any atom is 0.296 e. The maximum absolute atomic E-state index is 13.7. The highest BCUT2D eigenvalue weighted by Crippen LogP contribution is 2.38. The number of imidazole rings is 1. The molecular formula is C26H28N4O6S. The Morgan fingerprint density at radius 3 is 2.22 bits per heavy atom. The van der Waals surface area contributed by atoms with Gasteiger partial charge in [-0.2, -0.15) is 4.98 Å². The van der Waals surface area contributed by atoms with Crippen molar-refractivity contribution in [3.05, 3.63) is 71.0 Å². The standard InChI is InChI=1S/C26H28N4O6S/c1-5-6-10-21-28-25(31)23(26(32)30(21)22-19(35-3)8-7-9-20(22)36-4)37(33,34)18-13-11-17(12-14-18)24-27-15-16-29(24)2/h7-9,11-16,32H,5-6,10H2,1-4H3. The Morgan fingerprint density at radius 2 is 1.68 bits per heavy atom. The Hall–Kier alpha value is -4.12. The van der Waals surface area contributed by atoms with Crippen LogP contribution in [0.2, 0.25) is 0 Å². The molecule has 0 saturated carbocycles. The third kappa shape index (κ3) is 4.69. The summed E-state index contributed by atoms with van der Waals surface area (Å²) in [6, 6.07) is 10.9. The molecule has 0 spiro atoms. The summed E-state index contributed by atoms with van der Waals surface area (Å²) in [6.07, 6.45) is 5.18. The molecule has 0 radical (unpaired) electrons. The van der Waals surface area contributed by atoms with E-state index in [-0.39, 0.29) is 16.4 Å². The zero-order valence-electron chi connectivity index (χ0n) is 21.0. The van der Waals surface area contributed by atoms with Gasteiger partial charge in [0.2, 0.25) is 15.7 Å². The highest BCUT2D eigenvalue weighted by Gasteiger charge is 2.31. The van der Waals surface area contributed by atoms with Crippen molar-refractivity contribution in [1.82, 2.24) is 19.1 Å². The Labute approximate surface area is 214 Å². The van der Waals surface area contributed by atoms with E-state index in [2.05, 4.69) is 9.97 Å². The molecule has 37 heavy (non-hydrogen) atoms. The first kappa shape index (κ1) is 26.0. The minimum absolute atomic E-state index is 0.167. The molecule has 0 amide bonds. The largest absolute Gasteiger partial charge is 0.494 e. The lowest BCUT2D eigenvalue weighted by Gasteiger charge is -2.21. The van der Waals surface area contributed by atoms with Gasteiger partial charge in [0, 0.05) is 31.4 Å². The van der Waals surface area contributed by atoms with Gasteiger partial charge in [0.05, 0.1) is 19.1 Å². The van der Waals surface area contributed by atoms with E-state index in [1.54, 1.807) is 47.3 Å². The average molecular weight is 525 g/mol. The molecule has 10 nitrogen and oxygen atoms in total. The van der Waals surface area contributed by atoms with Gasteiger partial charge in [0.25, 0.3) is 5.56 Å². The molecule has 0 aliphatic carbocycles. The quantitative estimate of drug-likeness (QED) is 0.353. The highest BCUT2D eigenvalue weighted by molar-refractivity contribution is 7.91. The Morgan fingerprint density at radius 1 is 1.03 bits per heavy atom. The number of benzene rings is 2. The molecule has 2 aromatic heterocycles. The normalized spacial score (nSPS) is 11.5. The van der Waals surface area contributed by atoms with Crippen molar-refractivity contribution in [2.75, 3.05) is 14.2 Å². The molecule has 0 aliphatic rings. The van der Waals surface area contributed by atoms with E-state index in [9.17, 15) is 18.3 Å². The van der Waals surface area contributed by atoms with E-state index in [4.69, 9.17) is 9.47 Å². The lowest BCUT2D eigenvalue weighted by molar-refractivity contribution is 0.374. The summed E-state index contributed by atoms with van der Waals surface area (Å²) in [5.74, 6) is 0.693. The van der Waals surface area contributed by atoms with Gasteiger partial charge in [-0.25, -0.2) is 13.4 Å². The number of para-hydroxylation sites is 1. The SMILES string of the molecule is CCCCc1nc(=O)c(S(=O)(=O)c2ccc(-c3nccn3C)cc2)c(O)n1-c1c(OC)cccc1OC. The van der Waals surface area contributed by atoms with Gasteiger partial charge >= 0.3 is 0 Å². The molecular weight excluding hydrogens is 496 g/mol. The number of methoxy groups -OCH3 is 2. The molecule has 2 heterocycles. The molecule has 11 heteroatoms. The molecule has 0 atom stereocenters. The van der Waals surface area contributed by atoms with Crippen molar-refractivity contribution < 1.29 is 23.0 Å². The number of aryl methyl sites for hydroxylation is 2. The lowest BCUT2D eigenvalue weighted by Crippen LogP contribution is -2.25. The van der Waals surface area contributed by atoms with Crippen LogP contribution in [0.25, 0.3) is 17.1 Å². The second-order valence-corrected chi connectivity index (χ2v) is 10.2. The number of sulfone groups is 1. The van der Waals surface area contributed by atoms with Gasteiger partial charge < -0.3 is 19.1 Å². The minimum atomic E-state index is -4.46. The second kappa shape index (κ2) is 10.5. The molecule has 0 aliphatic heterocycles. The third-order valence-corrected chi connectivity index (χ3v) is 7.78. The Kier molecular flexibility index (Phi) is 7.35. The molecule has 4 aromatic rings. The minimum Gasteiger partial charge on any atom is -0.494 e. The molecule has 0 saturated heterocycles. The van der Waals surface area contributed by atoms with Crippen LogP contribution in [0.4, 0.5) is 0 Å². The predicted octanol–water partition coefficient (Wildman–Crippen LogP) is 3.53. The van der Waals surface area contributed by atoms with E-state index < -0.39 is 26.2 Å². The number of hydrogen-bond acceptors (Lipinski definition) is 8. The van der Waals surface area contributed by atoms with Crippen molar-refractivity contribution >= 4 is 9.84 Å². The maximum atomic E-state index is 13.7. The van der Waals surface area contributed by atoms with E-state index in [0.717, 1.165) is 6.42 Å². The van der Waals surface area contributed by atoms with Crippen molar-refractivity contribution in [1.29, 1.82) is 0 Å². The molecule has 2 aromatic carbocycles. The van der Waals surface area contributed by atoms with Gasteiger partial charge in [0.15, 0.2) is 4.90 Å². The fourth-order valence-electron chi connectivity index (χ4n) is 4.11. The van der Waals surface area contributed by atoms with Crippen LogP contribution in [0, 0.1) is 0 Å². The van der Waals surface area contributed by atoms with Crippen molar-refractivity contribution in [2.24, 2.45) is 7.05 Å². The zero-order valence-corrected chi connectivity index (χ0v) is 21.8. The molecule has 0 unspecified atom stereocenters. The molecule has 194 valence electrons. The molecule has 4 rings (SSSR count). The zero-order chi connectivity index (χ0) is 26.7. The smallest absolute Gasteiger partial charge is 0.296 e. The summed E-state index contributed by atoms with van der Waals surface area (Å²) < 4.78 is 41.3. The number of nitrogens with zero attached hydrogens (tertiary/aromatic N) is 4. The first-order valence-electron chi connectivity index (χ1n) is 11.6. The molecule has 0 bridgehead atoms. The summed E-state index contributed by atoms with van der Waals surface area (Å²) in [4.78, 5) is 20.5. The van der Waals surface area contributed by atoms with E-state index in [1.165, 1.54) is 30.9 Å². The van der Waals surface area contributed by atoms with Crippen molar-refractivity contribution in [3.63, 3.8) is 0 Å². The summed E-state index contributed by atoms with van der Waals surface area (Å²) in [5.41, 5.74) is -0.105. The van der Waals surface area contributed by atoms with Crippen LogP contribution < -0.4 is 15.0 Å². The number of aromatic nitrogens is 4. The average Bonchev–Trinajstić information content (AvgIpc) is 3.32. The first-order chi connectivity index (χ1) is 17.7. The van der Waals surface area contributed by atoms with Crippen LogP contribution in [0.15, 0.2) is 69.4 Å². The number of unbranched alkanes of at least 4 members (excludes halogenated alkanes) is 1. The molecule has 1 N–H and O–H groups in total. The van der Waals surface area contributed by atoms with Crippen LogP contribution in [0.3, 0.4) is 0 Å². The van der Waals surface area contributed by atoms with Gasteiger partial charge in [-0.1, -0.05) is 19.4 Å². The monoisotopic (exact) mass is 524 g/mol. The van der Waals surface area contributed by atoms with E-state index in [1.807, 2.05) is 14.0 Å². The van der Waals surface area contributed by atoms with Crippen LogP contribution >= 0.6 is 0 Å². The first-order valence-corrected chi connectivity index (χ1v) is 13.1. The second-order valence-electron chi connectivity index (χ2n) is 8.33. The Balaban J connectivity index is 1.94. The van der Waals surface area contributed by atoms with Gasteiger partial charge in [-0.3, -0.25) is 9.36 Å². The van der Waals surface area contributed by atoms with E-state index in [0.29, 0.717) is 35.7 Å².